The summed E-state index contributed by atoms with van der Waals surface area (Å²) in [6.45, 7) is 5.09. The smallest absolute Gasteiger partial charge is 0.225 e. The second-order valence-electron chi connectivity index (χ2n) is 8.63. The molecule has 0 saturated heterocycles. The number of rotatable bonds is 7. The van der Waals surface area contributed by atoms with Gasteiger partial charge in [0.25, 0.3) is 0 Å². The van der Waals surface area contributed by atoms with Crippen LogP contribution in [0.3, 0.4) is 0 Å². The predicted octanol–water partition coefficient (Wildman–Crippen LogP) is 5.09. The van der Waals surface area contributed by atoms with Crippen LogP contribution >= 0.6 is 0 Å². The van der Waals surface area contributed by atoms with Crippen LogP contribution in [0.1, 0.15) is 64.1 Å². The van der Waals surface area contributed by atoms with E-state index in [1.807, 2.05) is 25.1 Å². The fourth-order valence-corrected chi connectivity index (χ4v) is 4.47. The van der Waals surface area contributed by atoms with Gasteiger partial charge in [0, 0.05) is 18.5 Å². The summed E-state index contributed by atoms with van der Waals surface area (Å²) in [6, 6.07) is 7.58. The number of hydrogen-bond donors (Lipinski definition) is 2. The number of nitrogens with two attached hydrogens (primary N) is 1. The highest BCUT2D eigenvalue weighted by atomic mass is 16.1. The maximum atomic E-state index is 12.5. The summed E-state index contributed by atoms with van der Waals surface area (Å²) >= 11 is 0. The molecule has 1 saturated carbocycles. The molecule has 0 radical (unpaired) electrons. The van der Waals surface area contributed by atoms with Crippen molar-refractivity contribution in [2.75, 3.05) is 11.1 Å². The van der Waals surface area contributed by atoms with E-state index in [1.54, 1.807) is 6.07 Å². The Bertz CT molecular complexity index is 1070. The molecule has 3 heterocycles. The van der Waals surface area contributed by atoms with E-state index in [1.165, 1.54) is 19.3 Å². The number of carbonyl (C=O) groups is 1. The van der Waals surface area contributed by atoms with Crippen molar-refractivity contribution < 1.29 is 4.79 Å². The molecule has 7 heteroatoms. The first-order chi connectivity index (χ1) is 15.0. The van der Waals surface area contributed by atoms with Gasteiger partial charge in [-0.05, 0) is 56.4 Å². The van der Waals surface area contributed by atoms with Gasteiger partial charge in [-0.25, -0.2) is 15.0 Å². The van der Waals surface area contributed by atoms with E-state index in [2.05, 4.69) is 26.8 Å². The summed E-state index contributed by atoms with van der Waals surface area (Å²) in [5, 5.41) is 2.95. The van der Waals surface area contributed by atoms with Crippen LogP contribution in [0.25, 0.3) is 22.4 Å². The number of nitrogens with zero attached hydrogens (tertiary/aromatic N) is 4. The minimum Gasteiger partial charge on any atom is -0.384 e. The second kappa shape index (κ2) is 9.45. The Kier molecular flexibility index (Phi) is 6.49. The molecule has 1 aliphatic rings. The molecule has 3 aromatic rings. The Balaban J connectivity index is 1.57. The second-order valence-corrected chi connectivity index (χ2v) is 8.63. The predicted molar refractivity (Wildman–Crippen MR) is 125 cm³/mol. The molecular formula is C24H32N6O. The zero-order chi connectivity index (χ0) is 21.8. The number of nitrogen functional groups attached to an aromatic ring is 1. The molecule has 0 spiro atoms. The van der Waals surface area contributed by atoms with Gasteiger partial charge >= 0.3 is 0 Å². The monoisotopic (exact) mass is 420 g/mol. The number of unbranched alkanes of at least 4 members (excludes halogenated alkanes) is 1. The van der Waals surface area contributed by atoms with Crippen LogP contribution in [0, 0.1) is 12.8 Å². The van der Waals surface area contributed by atoms with Crippen molar-refractivity contribution in [1.29, 1.82) is 0 Å². The van der Waals surface area contributed by atoms with E-state index in [4.69, 9.17) is 10.7 Å². The average Bonchev–Trinajstić information content (AvgIpc) is 3.06. The number of hydrogen-bond acceptors (Lipinski definition) is 5. The van der Waals surface area contributed by atoms with Crippen LogP contribution in [0.15, 0.2) is 24.3 Å². The zero-order valence-corrected chi connectivity index (χ0v) is 18.5. The Morgan fingerprint density at radius 3 is 2.74 bits per heavy atom. The lowest BCUT2D eigenvalue weighted by Crippen LogP contribution is -2.19. The Hall–Kier alpha value is -2.96. The molecule has 7 nitrogen and oxygen atoms in total. The van der Waals surface area contributed by atoms with Crippen molar-refractivity contribution in [3.8, 4) is 11.3 Å². The number of aromatic nitrogens is 4. The van der Waals surface area contributed by atoms with Gasteiger partial charge in [-0.2, -0.15) is 0 Å². The molecule has 4 rings (SSSR count). The molecule has 164 valence electrons. The number of imidazole rings is 1. The summed E-state index contributed by atoms with van der Waals surface area (Å²) in [6.07, 6.45) is 8.75. The summed E-state index contributed by atoms with van der Waals surface area (Å²) < 4.78 is 2.17. The highest BCUT2D eigenvalue weighted by Gasteiger charge is 2.18. The molecule has 0 atom stereocenters. The van der Waals surface area contributed by atoms with Crippen LogP contribution in [-0.4, -0.2) is 25.4 Å². The van der Waals surface area contributed by atoms with Crippen molar-refractivity contribution in [3.63, 3.8) is 0 Å². The molecule has 1 amide bonds. The van der Waals surface area contributed by atoms with E-state index < -0.39 is 0 Å². The van der Waals surface area contributed by atoms with Crippen molar-refractivity contribution >= 4 is 28.7 Å². The molecule has 1 fully saturated rings. The third-order valence-electron chi connectivity index (χ3n) is 6.13. The van der Waals surface area contributed by atoms with E-state index in [0.717, 1.165) is 60.5 Å². The Morgan fingerprint density at radius 1 is 1.16 bits per heavy atom. The van der Waals surface area contributed by atoms with E-state index in [9.17, 15) is 4.79 Å². The molecule has 1 aliphatic carbocycles. The number of aryl methyl sites for hydroxylation is 2. The number of pyridine rings is 2. The highest BCUT2D eigenvalue weighted by Crippen LogP contribution is 2.28. The molecule has 3 aromatic heterocycles. The van der Waals surface area contributed by atoms with Crippen molar-refractivity contribution in [2.24, 2.45) is 5.92 Å². The van der Waals surface area contributed by atoms with Gasteiger partial charge in [0.2, 0.25) is 5.91 Å². The van der Waals surface area contributed by atoms with Crippen LogP contribution in [0.2, 0.25) is 0 Å². The van der Waals surface area contributed by atoms with Crippen molar-refractivity contribution in [2.45, 2.75) is 71.8 Å². The van der Waals surface area contributed by atoms with E-state index >= 15 is 0 Å². The third-order valence-corrected chi connectivity index (χ3v) is 6.13. The average molecular weight is 421 g/mol. The lowest BCUT2D eigenvalue weighted by Gasteiger charge is -2.20. The molecule has 0 bridgehead atoms. The minimum absolute atomic E-state index is 0.00706. The van der Waals surface area contributed by atoms with Gasteiger partial charge in [0.05, 0.1) is 5.69 Å². The van der Waals surface area contributed by atoms with Crippen molar-refractivity contribution in [3.05, 3.63) is 30.1 Å². The van der Waals surface area contributed by atoms with Gasteiger partial charge in [-0.3, -0.25) is 4.79 Å². The van der Waals surface area contributed by atoms with Crippen LogP contribution in [0.5, 0.6) is 0 Å². The maximum Gasteiger partial charge on any atom is 0.225 e. The summed E-state index contributed by atoms with van der Waals surface area (Å²) in [5.41, 5.74) is 9.46. The van der Waals surface area contributed by atoms with Crippen molar-refractivity contribution in [1.82, 2.24) is 19.5 Å². The van der Waals surface area contributed by atoms with Crippen LogP contribution in [0.4, 0.5) is 11.6 Å². The van der Waals surface area contributed by atoms with Gasteiger partial charge in [-0.1, -0.05) is 32.6 Å². The minimum atomic E-state index is 0.00706. The summed E-state index contributed by atoms with van der Waals surface area (Å²) in [4.78, 5) is 26.4. The molecule has 31 heavy (non-hydrogen) atoms. The third kappa shape index (κ3) is 5.03. The quantitative estimate of drug-likeness (QED) is 0.554. The topological polar surface area (TPSA) is 98.7 Å². The first kappa shape index (κ1) is 21.3. The van der Waals surface area contributed by atoms with Crippen LogP contribution < -0.4 is 11.1 Å². The number of fused-ring (bicyclic) bond motifs is 1. The molecule has 0 aromatic carbocycles. The van der Waals surface area contributed by atoms with Gasteiger partial charge in [0.15, 0.2) is 5.65 Å². The molecular weight excluding hydrogens is 388 g/mol. The number of carbonyl (C=O) groups excluding carboxylic acids is 1. The van der Waals surface area contributed by atoms with Gasteiger partial charge in [-0.15, -0.1) is 0 Å². The van der Waals surface area contributed by atoms with E-state index in [0.29, 0.717) is 24.0 Å². The summed E-state index contributed by atoms with van der Waals surface area (Å²) in [7, 11) is 0. The summed E-state index contributed by atoms with van der Waals surface area (Å²) in [5.74, 6) is 2.30. The largest absolute Gasteiger partial charge is 0.384 e. The number of nitrogens with one attached hydrogen (secondary N) is 1. The van der Waals surface area contributed by atoms with Gasteiger partial charge in [0.1, 0.15) is 23.0 Å². The molecule has 3 N–H and O–H groups in total. The fourth-order valence-electron chi connectivity index (χ4n) is 4.47. The lowest BCUT2D eigenvalue weighted by molar-refractivity contribution is -0.117. The maximum absolute atomic E-state index is 12.5. The fraction of sp³-hybridized carbons (Fsp3) is 0.500. The lowest BCUT2D eigenvalue weighted by atomic mass is 9.87. The first-order valence-corrected chi connectivity index (χ1v) is 11.4. The molecule has 0 aliphatic heterocycles. The number of amides is 1. The highest BCUT2D eigenvalue weighted by molar-refractivity contribution is 5.91. The van der Waals surface area contributed by atoms with Gasteiger partial charge < -0.3 is 15.6 Å². The Labute approximate surface area is 183 Å². The Morgan fingerprint density at radius 2 is 1.97 bits per heavy atom. The van der Waals surface area contributed by atoms with E-state index in [-0.39, 0.29) is 5.91 Å². The molecule has 0 unspecified atom stereocenters. The zero-order valence-electron chi connectivity index (χ0n) is 18.5. The number of anilines is 2. The normalized spacial score (nSPS) is 14.8. The first-order valence-electron chi connectivity index (χ1n) is 11.4. The standard InChI is InChI=1S/C24H32N6O/c1-3-4-12-30-16(2)26-20-11-10-19(27-24(20)30)18-14-21(25)28-22(15-18)29-23(31)13-17-8-6-5-7-9-17/h10-11,14-15,17H,3-9,12-13H2,1-2H3,(H3,25,28,29,31). The SMILES string of the molecule is CCCCn1c(C)nc2ccc(-c3cc(N)nc(NC(=O)CC4CCCCC4)c3)nc21. The van der Waals surface area contributed by atoms with Crippen LogP contribution in [-0.2, 0) is 11.3 Å².